The molecule has 1 heterocycles. The van der Waals surface area contributed by atoms with E-state index in [-0.39, 0.29) is 30.3 Å². The molecule has 0 fully saturated rings. The van der Waals surface area contributed by atoms with Crippen LogP contribution in [0.4, 0.5) is 0 Å². The number of aliphatic carboxylic acids is 1. The van der Waals surface area contributed by atoms with E-state index in [0.29, 0.717) is 34.6 Å². The summed E-state index contributed by atoms with van der Waals surface area (Å²) in [5, 5.41) is 19.6. The van der Waals surface area contributed by atoms with E-state index < -0.39 is 5.97 Å². The fourth-order valence-corrected chi connectivity index (χ4v) is 2.86. The first-order valence-electron chi connectivity index (χ1n) is 9.54. The molecule has 0 saturated heterocycles. The number of aromatic nitrogens is 1. The van der Waals surface area contributed by atoms with Crippen LogP contribution in [-0.2, 0) is 17.8 Å². The van der Waals surface area contributed by atoms with E-state index in [9.17, 15) is 14.7 Å². The van der Waals surface area contributed by atoms with E-state index >= 15 is 0 Å². The van der Waals surface area contributed by atoms with Crippen molar-refractivity contribution in [1.82, 2.24) is 4.98 Å². The number of rotatable bonds is 9. The van der Waals surface area contributed by atoms with Crippen LogP contribution in [-0.4, -0.2) is 26.9 Å². The molecule has 158 valence electrons. The summed E-state index contributed by atoms with van der Waals surface area (Å²) in [4.78, 5) is 27.1. The van der Waals surface area contributed by atoms with E-state index in [2.05, 4.69) is 4.98 Å². The minimum absolute atomic E-state index is 0.154. The summed E-state index contributed by atoms with van der Waals surface area (Å²) in [5.74, 6) is -0.295. The summed E-state index contributed by atoms with van der Waals surface area (Å²) in [6.07, 6.45) is 3.45. The van der Waals surface area contributed by atoms with Gasteiger partial charge < -0.3 is 20.7 Å². The summed E-state index contributed by atoms with van der Waals surface area (Å²) in [6.45, 7) is 5.21. The predicted octanol–water partition coefficient (Wildman–Crippen LogP) is 4.03. The number of nitrogens with zero attached hydrogens (tertiary/aromatic N) is 1. The molecule has 0 spiro atoms. The van der Waals surface area contributed by atoms with Gasteiger partial charge in [0.1, 0.15) is 11.5 Å². The third-order valence-electron chi connectivity index (χ3n) is 4.42. The third kappa shape index (κ3) is 6.02. The lowest BCUT2D eigenvalue weighted by Crippen LogP contribution is -2.05. The van der Waals surface area contributed by atoms with Crippen LogP contribution in [0.5, 0.6) is 5.75 Å². The van der Waals surface area contributed by atoms with Gasteiger partial charge in [0.2, 0.25) is 0 Å². The second-order valence-electron chi connectivity index (χ2n) is 6.76. The van der Waals surface area contributed by atoms with E-state index in [1.807, 2.05) is 6.92 Å². The van der Waals surface area contributed by atoms with Gasteiger partial charge in [0.05, 0.1) is 17.9 Å². The molecule has 0 saturated carbocycles. The Labute approximate surface area is 175 Å². The first-order valence-corrected chi connectivity index (χ1v) is 9.54. The number of ketones is 1. The standard InChI is InChI=1S/C23H26N2O5/c1-4-21(27)20(17-7-8-25-19(10-17)13-24)9-14(2)30-22-11-16(15(3)26)5-6-18(22)12-23(28)29/h5-11,27H,4,12-13,24H2,1-3H3,(H,28,29)/b14-9+,21-20-. The number of carbonyl (C=O) groups excluding carboxylic acids is 1. The number of hydrogen-bond donors (Lipinski definition) is 3. The Hall–Kier alpha value is -3.45. The molecule has 0 atom stereocenters. The Balaban J connectivity index is 2.46. The van der Waals surface area contributed by atoms with Gasteiger partial charge in [-0.1, -0.05) is 19.1 Å². The summed E-state index contributed by atoms with van der Waals surface area (Å²) in [5.41, 5.74) is 8.49. The maximum Gasteiger partial charge on any atom is 0.307 e. The zero-order chi connectivity index (χ0) is 22.3. The van der Waals surface area contributed by atoms with Gasteiger partial charge in [0.25, 0.3) is 0 Å². The number of Topliss-reactive ketones (excluding diaryl/α,β-unsaturated/α-hetero) is 1. The van der Waals surface area contributed by atoms with Crippen LogP contribution < -0.4 is 10.5 Å². The second kappa shape index (κ2) is 10.4. The predicted molar refractivity (Wildman–Crippen MR) is 114 cm³/mol. The third-order valence-corrected chi connectivity index (χ3v) is 4.42. The van der Waals surface area contributed by atoms with Gasteiger partial charge in [-0.25, -0.2) is 0 Å². The van der Waals surface area contributed by atoms with Gasteiger partial charge in [-0.15, -0.1) is 0 Å². The fourth-order valence-electron chi connectivity index (χ4n) is 2.86. The number of hydrogen-bond acceptors (Lipinski definition) is 6. The largest absolute Gasteiger partial charge is 0.512 e. The minimum Gasteiger partial charge on any atom is -0.512 e. The van der Waals surface area contributed by atoms with Crippen molar-refractivity contribution in [2.24, 2.45) is 5.73 Å². The smallest absolute Gasteiger partial charge is 0.307 e. The number of carbonyl (C=O) groups is 2. The SMILES string of the molecule is CC/C(O)=C(\C=C(/C)Oc1cc(C(C)=O)ccc1CC(=O)O)c1ccnc(CN)c1. The highest BCUT2D eigenvalue weighted by molar-refractivity contribution is 5.94. The Bertz CT molecular complexity index is 1010. The molecular weight excluding hydrogens is 384 g/mol. The first-order chi connectivity index (χ1) is 14.2. The van der Waals surface area contributed by atoms with Crippen LogP contribution >= 0.6 is 0 Å². The first kappa shape index (κ1) is 22.8. The number of pyridine rings is 1. The molecule has 0 aliphatic rings. The van der Waals surface area contributed by atoms with Crippen molar-refractivity contribution in [1.29, 1.82) is 0 Å². The second-order valence-corrected chi connectivity index (χ2v) is 6.76. The molecular formula is C23H26N2O5. The quantitative estimate of drug-likeness (QED) is 0.324. The molecule has 4 N–H and O–H groups in total. The van der Waals surface area contributed by atoms with E-state index in [1.54, 1.807) is 43.5 Å². The van der Waals surface area contributed by atoms with Crippen molar-refractivity contribution in [2.75, 3.05) is 0 Å². The number of nitrogens with two attached hydrogens (primary N) is 1. The van der Waals surface area contributed by atoms with Gasteiger partial charge in [0, 0.05) is 35.9 Å². The van der Waals surface area contributed by atoms with Crippen molar-refractivity contribution in [2.45, 2.75) is 40.2 Å². The molecule has 0 amide bonds. The zero-order valence-electron chi connectivity index (χ0n) is 17.3. The van der Waals surface area contributed by atoms with Crippen LogP contribution in [0.25, 0.3) is 5.57 Å². The molecule has 0 radical (unpaired) electrons. The zero-order valence-corrected chi connectivity index (χ0v) is 17.3. The number of aliphatic hydroxyl groups excluding tert-OH is 1. The number of carboxylic acids is 1. The van der Waals surface area contributed by atoms with E-state index in [0.717, 1.165) is 5.56 Å². The van der Waals surface area contributed by atoms with Crippen molar-refractivity contribution < 1.29 is 24.5 Å². The number of aliphatic hydroxyl groups is 1. The molecule has 0 aliphatic carbocycles. The Kier molecular flexibility index (Phi) is 7.89. The Morgan fingerprint density at radius 1 is 1.13 bits per heavy atom. The van der Waals surface area contributed by atoms with Crippen molar-refractivity contribution >= 4 is 17.3 Å². The molecule has 0 bridgehead atoms. The lowest BCUT2D eigenvalue weighted by molar-refractivity contribution is -0.136. The van der Waals surface area contributed by atoms with Crippen molar-refractivity contribution in [3.63, 3.8) is 0 Å². The normalized spacial score (nSPS) is 12.3. The Morgan fingerprint density at radius 3 is 2.47 bits per heavy atom. The number of benzene rings is 1. The van der Waals surface area contributed by atoms with E-state index in [4.69, 9.17) is 15.6 Å². The number of ether oxygens (including phenoxy) is 1. The van der Waals surface area contributed by atoms with Crippen molar-refractivity contribution in [3.8, 4) is 5.75 Å². The topological polar surface area (TPSA) is 123 Å². The molecule has 30 heavy (non-hydrogen) atoms. The number of allylic oxidation sites excluding steroid dienone is 4. The van der Waals surface area contributed by atoms with Crippen LogP contribution in [0.1, 0.15) is 54.4 Å². The lowest BCUT2D eigenvalue weighted by Gasteiger charge is -2.14. The summed E-state index contributed by atoms with van der Waals surface area (Å²) >= 11 is 0. The summed E-state index contributed by atoms with van der Waals surface area (Å²) in [6, 6.07) is 8.23. The Morgan fingerprint density at radius 2 is 1.87 bits per heavy atom. The molecule has 1 aromatic carbocycles. The highest BCUT2D eigenvalue weighted by Crippen LogP contribution is 2.27. The van der Waals surface area contributed by atoms with Crippen LogP contribution in [0.3, 0.4) is 0 Å². The lowest BCUT2D eigenvalue weighted by atomic mass is 10.0. The molecule has 2 rings (SSSR count). The molecule has 0 unspecified atom stereocenters. The highest BCUT2D eigenvalue weighted by atomic mass is 16.5. The molecule has 2 aromatic rings. The van der Waals surface area contributed by atoms with Crippen molar-refractivity contribution in [3.05, 3.63) is 76.5 Å². The van der Waals surface area contributed by atoms with Gasteiger partial charge in [-0.05, 0) is 43.7 Å². The van der Waals surface area contributed by atoms with Gasteiger partial charge in [-0.3, -0.25) is 14.6 Å². The fraction of sp³-hybridized carbons (Fsp3) is 0.261. The van der Waals surface area contributed by atoms with Gasteiger partial charge >= 0.3 is 5.97 Å². The molecule has 7 heteroatoms. The van der Waals surface area contributed by atoms with Gasteiger partial charge in [0.15, 0.2) is 5.78 Å². The minimum atomic E-state index is -1.01. The average Bonchev–Trinajstić information content (AvgIpc) is 2.72. The number of carboxylic acid groups (broad SMARTS) is 1. The summed E-state index contributed by atoms with van der Waals surface area (Å²) in [7, 11) is 0. The monoisotopic (exact) mass is 410 g/mol. The van der Waals surface area contributed by atoms with Crippen LogP contribution in [0, 0.1) is 0 Å². The molecule has 1 aromatic heterocycles. The summed E-state index contributed by atoms with van der Waals surface area (Å²) < 4.78 is 5.90. The van der Waals surface area contributed by atoms with Gasteiger partial charge in [-0.2, -0.15) is 0 Å². The maximum absolute atomic E-state index is 11.7. The van der Waals surface area contributed by atoms with Crippen LogP contribution in [0.15, 0.2) is 54.1 Å². The van der Waals surface area contributed by atoms with Crippen LogP contribution in [0.2, 0.25) is 0 Å². The average molecular weight is 410 g/mol. The highest BCUT2D eigenvalue weighted by Gasteiger charge is 2.13. The molecule has 0 aliphatic heterocycles. The van der Waals surface area contributed by atoms with E-state index in [1.165, 1.54) is 13.0 Å². The molecule has 7 nitrogen and oxygen atoms in total. The maximum atomic E-state index is 11.7.